The van der Waals surface area contributed by atoms with Crippen LogP contribution in [0.25, 0.3) is 0 Å². The van der Waals surface area contributed by atoms with Crippen molar-refractivity contribution in [3.05, 3.63) is 54.1 Å². The van der Waals surface area contributed by atoms with Crippen LogP contribution in [0.3, 0.4) is 0 Å². The lowest BCUT2D eigenvalue weighted by molar-refractivity contribution is -0.107. The zero-order valence-electron chi connectivity index (χ0n) is 19.4. The van der Waals surface area contributed by atoms with Gasteiger partial charge < -0.3 is 13.9 Å². The number of carbonyl (C=O) groups excluding carboxylic acids is 1. The summed E-state index contributed by atoms with van der Waals surface area (Å²) in [6.07, 6.45) is 7.75. The molecule has 0 aliphatic rings. The molecular formula is C24H37ClO4Si. The molecule has 0 bridgehead atoms. The minimum atomic E-state index is -1.93. The monoisotopic (exact) mass is 452 g/mol. The lowest BCUT2D eigenvalue weighted by Gasteiger charge is -2.40. The van der Waals surface area contributed by atoms with Crippen molar-refractivity contribution < 1.29 is 18.7 Å². The molecule has 2 atom stereocenters. The van der Waals surface area contributed by atoms with E-state index in [2.05, 4.69) is 46.9 Å². The summed E-state index contributed by atoms with van der Waals surface area (Å²) < 4.78 is 17.8. The molecular weight excluding hydrogens is 416 g/mol. The van der Waals surface area contributed by atoms with Crippen LogP contribution in [0.5, 0.6) is 5.75 Å². The van der Waals surface area contributed by atoms with Crippen molar-refractivity contribution in [2.75, 3.05) is 13.7 Å². The van der Waals surface area contributed by atoms with Gasteiger partial charge in [0.2, 0.25) is 5.24 Å². The summed E-state index contributed by atoms with van der Waals surface area (Å²) in [7, 11) is -0.268. The maximum Gasteiger partial charge on any atom is 0.245 e. The van der Waals surface area contributed by atoms with Gasteiger partial charge in [0.15, 0.2) is 8.32 Å². The van der Waals surface area contributed by atoms with Crippen LogP contribution < -0.4 is 4.74 Å². The standard InChI is InChI=1S/C24H37ClO4Si/c1-19(10-8-9-11-23(25)26)22(29-30(6,7)24(2,3)4)16-17-28-18-20-12-14-21(27-5)15-13-20/h8-15,19,22H,16-18H2,1-7H3/b10-8+,11-9-/t19-,22+/m1/s1. The van der Waals surface area contributed by atoms with Crippen LogP contribution in [0.1, 0.15) is 39.7 Å². The van der Waals surface area contributed by atoms with Crippen molar-refractivity contribution in [1.29, 1.82) is 0 Å². The predicted octanol–water partition coefficient (Wildman–Crippen LogP) is 6.51. The Morgan fingerprint density at radius 3 is 2.33 bits per heavy atom. The number of carbonyl (C=O) groups is 1. The number of ether oxygens (including phenoxy) is 2. The number of hydrogen-bond acceptors (Lipinski definition) is 4. The van der Waals surface area contributed by atoms with E-state index in [9.17, 15) is 4.79 Å². The summed E-state index contributed by atoms with van der Waals surface area (Å²) in [5.41, 5.74) is 1.11. The Morgan fingerprint density at radius 1 is 1.17 bits per heavy atom. The third-order valence-corrected chi connectivity index (χ3v) is 10.2. The van der Waals surface area contributed by atoms with Crippen LogP contribution >= 0.6 is 11.6 Å². The SMILES string of the molecule is COc1ccc(COCC[C@H](O[Si](C)(C)C(C)(C)C)[C@H](C)/C=C/C=C\C(=O)Cl)cc1. The lowest BCUT2D eigenvalue weighted by Crippen LogP contribution is -2.45. The minimum absolute atomic E-state index is 0.0399. The second-order valence-electron chi connectivity index (χ2n) is 9.01. The van der Waals surface area contributed by atoms with Gasteiger partial charge in [-0.15, -0.1) is 0 Å². The Balaban J connectivity index is 2.72. The second-order valence-corrected chi connectivity index (χ2v) is 14.1. The van der Waals surface area contributed by atoms with Gasteiger partial charge in [0.25, 0.3) is 0 Å². The van der Waals surface area contributed by atoms with Gasteiger partial charge in [0, 0.05) is 6.61 Å². The van der Waals surface area contributed by atoms with Gasteiger partial charge in [0.1, 0.15) is 5.75 Å². The number of halogens is 1. The highest BCUT2D eigenvalue weighted by Gasteiger charge is 2.39. The van der Waals surface area contributed by atoms with E-state index in [0.29, 0.717) is 13.2 Å². The van der Waals surface area contributed by atoms with Crippen molar-refractivity contribution >= 4 is 25.2 Å². The van der Waals surface area contributed by atoms with Gasteiger partial charge in [-0.05, 0) is 65.8 Å². The van der Waals surface area contributed by atoms with Gasteiger partial charge in [-0.3, -0.25) is 4.79 Å². The third kappa shape index (κ3) is 9.60. The van der Waals surface area contributed by atoms with Crippen LogP contribution in [0, 0.1) is 5.92 Å². The molecule has 0 aliphatic heterocycles. The molecule has 168 valence electrons. The average Bonchev–Trinajstić information content (AvgIpc) is 2.66. The quantitative estimate of drug-likeness (QED) is 0.119. The van der Waals surface area contributed by atoms with E-state index < -0.39 is 13.6 Å². The summed E-state index contributed by atoms with van der Waals surface area (Å²) >= 11 is 5.34. The largest absolute Gasteiger partial charge is 0.497 e. The number of rotatable bonds is 12. The van der Waals surface area contributed by atoms with E-state index in [4.69, 9.17) is 25.5 Å². The van der Waals surface area contributed by atoms with E-state index >= 15 is 0 Å². The van der Waals surface area contributed by atoms with Crippen molar-refractivity contribution in [2.45, 2.75) is 65.0 Å². The molecule has 0 spiro atoms. The zero-order chi connectivity index (χ0) is 22.8. The topological polar surface area (TPSA) is 44.8 Å². The first-order chi connectivity index (χ1) is 14.0. The molecule has 0 aromatic heterocycles. The Bertz CT molecular complexity index is 705. The molecule has 1 rings (SSSR count). The van der Waals surface area contributed by atoms with Crippen molar-refractivity contribution in [1.82, 2.24) is 0 Å². The van der Waals surface area contributed by atoms with Crippen molar-refractivity contribution in [2.24, 2.45) is 5.92 Å². The Labute approximate surface area is 188 Å². The molecule has 0 aliphatic carbocycles. The van der Waals surface area contributed by atoms with Gasteiger partial charge in [-0.1, -0.05) is 58.1 Å². The summed E-state index contributed by atoms with van der Waals surface area (Å²) in [6.45, 7) is 14.6. The fraction of sp³-hybridized carbons (Fsp3) is 0.542. The highest BCUT2D eigenvalue weighted by Crippen LogP contribution is 2.38. The smallest absolute Gasteiger partial charge is 0.245 e. The Kier molecular flexibility index (Phi) is 11.1. The maximum absolute atomic E-state index is 10.8. The van der Waals surface area contributed by atoms with Crippen LogP contribution in [0.4, 0.5) is 0 Å². The molecule has 4 nitrogen and oxygen atoms in total. The van der Waals surface area contributed by atoms with E-state index in [-0.39, 0.29) is 17.1 Å². The van der Waals surface area contributed by atoms with Crippen molar-refractivity contribution in [3.8, 4) is 5.75 Å². The number of allylic oxidation sites excluding steroid dienone is 3. The molecule has 0 N–H and O–H groups in total. The molecule has 1 aromatic rings. The third-order valence-electron chi connectivity index (χ3n) is 5.57. The molecule has 0 amide bonds. The Hall–Kier alpha value is -1.40. The van der Waals surface area contributed by atoms with Crippen LogP contribution in [0.15, 0.2) is 48.6 Å². The molecule has 30 heavy (non-hydrogen) atoms. The Morgan fingerprint density at radius 2 is 1.80 bits per heavy atom. The fourth-order valence-corrected chi connectivity index (χ4v) is 4.11. The second kappa shape index (κ2) is 12.5. The van der Waals surface area contributed by atoms with Crippen LogP contribution in [-0.4, -0.2) is 33.4 Å². The van der Waals surface area contributed by atoms with Gasteiger partial charge in [0.05, 0.1) is 19.8 Å². The molecule has 6 heteroatoms. The number of methoxy groups -OCH3 is 1. The fourth-order valence-electron chi connectivity index (χ4n) is 2.59. The van der Waals surface area contributed by atoms with Gasteiger partial charge in [-0.2, -0.15) is 0 Å². The van der Waals surface area contributed by atoms with E-state index in [0.717, 1.165) is 17.7 Å². The first-order valence-corrected chi connectivity index (χ1v) is 13.7. The van der Waals surface area contributed by atoms with Crippen molar-refractivity contribution in [3.63, 3.8) is 0 Å². The molecule has 0 fully saturated rings. The molecule has 0 radical (unpaired) electrons. The molecule has 0 saturated heterocycles. The van der Waals surface area contributed by atoms with E-state index in [1.165, 1.54) is 6.08 Å². The highest BCUT2D eigenvalue weighted by atomic mass is 35.5. The summed E-state index contributed by atoms with van der Waals surface area (Å²) in [5, 5.41) is -0.350. The first kappa shape index (κ1) is 26.6. The van der Waals surface area contributed by atoms with Crippen LogP contribution in [0.2, 0.25) is 18.1 Å². The van der Waals surface area contributed by atoms with E-state index in [1.807, 2.05) is 30.3 Å². The predicted molar refractivity (Wildman–Crippen MR) is 128 cm³/mol. The first-order valence-electron chi connectivity index (χ1n) is 10.4. The summed E-state index contributed by atoms with van der Waals surface area (Å²) in [4.78, 5) is 10.8. The summed E-state index contributed by atoms with van der Waals surface area (Å²) in [5.74, 6) is 1.02. The van der Waals surface area contributed by atoms with Gasteiger partial charge >= 0.3 is 0 Å². The van der Waals surface area contributed by atoms with Crippen LogP contribution in [-0.2, 0) is 20.6 Å². The minimum Gasteiger partial charge on any atom is -0.497 e. The number of hydrogen-bond donors (Lipinski definition) is 0. The molecule has 1 aromatic carbocycles. The molecule has 0 unspecified atom stereocenters. The normalized spacial score (nSPS) is 14.9. The lowest BCUT2D eigenvalue weighted by atomic mass is 10.0. The highest BCUT2D eigenvalue weighted by molar-refractivity contribution is 6.74. The molecule has 0 saturated carbocycles. The maximum atomic E-state index is 10.8. The van der Waals surface area contributed by atoms with E-state index in [1.54, 1.807) is 13.2 Å². The number of benzene rings is 1. The summed E-state index contributed by atoms with van der Waals surface area (Å²) in [6, 6.07) is 7.90. The average molecular weight is 453 g/mol. The van der Waals surface area contributed by atoms with Gasteiger partial charge in [-0.25, -0.2) is 0 Å². The molecule has 0 heterocycles. The zero-order valence-corrected chi connectivity index (χ0v) is 21.2.